The maximum absolute atomic E-state index is 12.6. The number of ether oxygens (including phenoxy) is 1. The second kappa shape index (κ2) is 9.67. The van der Waals surface area contributed by atoms with E-state index in [9.17, 15) is 22.0 Å². The van der Waals surface area contributed by atoms with Crippen LogP contribution in [-0.2, 0) is 10.0 Å². The van der Waals surface area contributed by atoms with Crippen molar-refractivity contribution in [2.75, 3.05) is 4.72 Å². The topological polar surface area (TPSA) is 96.9 Å². The monoisotopic (exact) mass is 465 g/mol. The summed E-state index contributed by atoms with van der Waals surface area (Å²) in [4.78, 5) is 12.6. The molecular formula is C20H17F2N3O4S2. The third-order valence-electron chi connectivity index (χ3n) is 3.99. The number of benzene rings is 2. The van der Waals surface area contributed by atoms with E-state index in [-0.39, 0.29) is 32.5 Å². The van der Waals surface area contributed by atoms with Crippen molar-refractivity contribution in [1.82, 2.24) is 5.43 Å². The molecule has 1 amide bonds. The number of thiophene rings is 1. The smallest absolute Gasteiger partial charge is 0.387 e. The Morgan fingerprint density at radius 2 is 1.71 bits per heavy atom. The van der Waals surface area contributed by atoms with Crippen molar-refractivity contribution in [2.45, 2.75) is 17.7 Å². The van der Waals surface area contributed by atoms with Gasteiger partial charge in [0.05, 0.1) is 17.0 Å². The maximum atomic E-state index is 12.6. The molecule has 0 unspecified atom stereocenters. The van der Waals surface area contributed by atoms with Gasteiger partial charge in [0.2, 0.25) is 0 Å². The number of sulfonamides is 1. The number of hydrogen-bond donors (Lipinski definition) is 2. The summed E-state index contributed by atoms with van der Waals surface area (Å²) >= 11 is 1.04. The largest absolute Gasteiger partial charge is 0.434 e. The molecule has 0 saturated heterocycles. The zero-order chi connectivity index (χ0) is 22.4. The maximum Gasteiger partial charge on any atom is 0.387 e. The van der Waals surface area contributed by atoms with Crippen LogP contribution in [-0.4, -0.2) is 26.6 Å². The minimum absolute atomic E-state index is 0.0382. The standard InChI is InChI=1S/C20H17F2N3O4S2/c1-13(14-7-3-5-10-17(14)29-20(21)22)23-24-19(26)15-8-2-4-9-16(15)25-31(27,28)18-11-6-12-30-18/h2-12,20,25H,1H3,(H,24,26)/b23-13+. The highest BCUT2D eigenvalue weighted by Crippen LogP contribution is 2.23. The van der Waals surface area contributed by atoms with Gasteiger partial charge < -0.3 is 4.74 Å². The fourth-order valence-electron chi connectivity index (χ4n) is 2.60. The first-order valence-corrected chi connectivity index (χ1v) is 11.2. The molecule has 1 aromatic heterocycles. The highest BCUT2D eigenvalue weighted by atomic mass is 32.2. The van der Waals surface area contributed by atoms with Crippen LogP contribution in [0.3, 0.4) is 0 Å². The molecule has 3 aromatic rings. The molecule has 0 bridgehead atoms. The molecule has 0 radical (unpaired) electrons. The summed E-state index contributed by atoms with van der Waals surface area (Å²) in [6, 6.07) is 15.1. The summed E-state index contributed by atoms with van der Waals surface area (Å²) in [5.74, 6) is -0.770. The van der Waals surface area contributed by atoms with Gasteiger partial charge in [0.25, 0.3) is 15.9 Å². The zero-order valence-electron chi connectivity index (χ0n) is 16.1. The van der Waals surface area contributed by atoms with Crippen LogP contribution in [0.15, 0.2) is 75.4 Å². The number of carbonyl (C=O) groups excluding carboxylic acids is 1. The molecule has 162 valence electrons. The first kappa shape index (κ1) is 22.4. The summed E-state index contributed by atoms with van der Waals surface area (Å²) in [7, 11) is -3.85. The second-order valence-electron chi connectivity index (χ2n) is 6.10. The summed E-state index contributed by atoms with van der Waals surface area (Å²) in [6.07, 6.45) is 0. The lowest BCUT2D eigenvalue weighted by Gasteiger charge is -2.12. The number of nitrogens with zero attached hydrogens (tertiary/aromatic N) is 1. The lowest BCUT2D eigenvalue weighted by atomic mass is 10.1. The molecular weight excluding hydrogens is 448 g/mol. The third-order valence-corrected chi connectivity index (χ3v) is 6.76. The Morgan fingerprint density at radius 3 is 2.39 bits per heavy atom. The van der Waals surface area contributed by atoms with Gasteiger partial charge >= 0.3 is 6.61 Å². The molecule has 2 N–H and O–H groups in total. The first-order valence-electron chi connectivity index (χ1n) is 8.82. The van der Waals surface area contributed by atoms with Crippen molar-refractivity contribution in [2.24, 2.45) is 5.10 Å². The number of rotatable bonds is 8. The lowest BCUT2D eigenvalue weighted by molar-refractivity contribution is -0.0499. The van der Waals surface area contributed by atoms with Gasteiger partial charge in [-0.1, -0.05) is 30.3 Å². The molecule has 0 aliphatic carbocycles. The minimum atomic E-state index is -3.85. The van der Waals surface area contributed by atoms with E-state index >= 15 is 0 Å². The van der Waals surface area contributed by atoms with Gasteiger partial charge in [-0.05, 0) is 42.6 Å². The number of amides is 1. The zero-order valence-corrected chi connectivity index (χ0v) is 17.7. The molecule has 31 heavy (non-hydrogen) atoms. The van der Waals surface area contributed by atoms with E-state index < -0.39 is 22.5 Å². The van der Waals surface area contributed by atoms with Crippen molar-refractivity contribution < 1.29 is 26.7 Å². The van der Waals surface area contributed by atoms with Crippen molar-refractivity contribution in [1.29, 1.82) is 0 Å². The van der Waals surface area contributed by atoms with Crippen molar-refractivity contribution in [3.8, 4) is 5.75 Å². The van der Waals surface area contributed by atoms with E-state index in [0.717, 1.165) is 11.3 Å². The normalized spacial score (nSPS) is 11.9. The van der Waals surface area contributed by atoms with Gasteiger partial charge in [-0.15, -0.1) is 11.3 Å². The van der Waals surface area contributed by atoms with Crippen LogP contribution in [0.1, 0.15) is 22.8 Å². The van der Waals surface area contributed by atoms with E-state index in [1.165, 1.54) is 43.3 Å². The number of hydrogen-bond acceptors (Lipinski definition) is 6. The molecule has 0 spiro atoms. The fourth-order valence-corrected chi connectivity index (χ4v) is 4.67. The molecule has 7 nitrogen and oxygen atoms in total. The Hall–Kier alpha value is -3.31. The summed E-state index contributed by atoms with van der Waals surface area (Å²) in [5.41, 5.74) is 2.92. The predicted molar refractivity (Wildman–Crippen MR) is 114 cm³/mol. The molecule has 11 heteroatoms. The highest BCUT2D eigenvalue weighted by molar-refractivity contribution is 7.94. The summed E-state index contributed by atoms with van der Waals surface area (Å²) in [6.45, 7) is -1.49. The number of hydrazone groups is 1. The predicted octanol–water partition coefficient (Wildman–Crippen LogP) is 4.30. The Morgan fingerprint density at radius 1 is 1.03 bits per heavy atom. The van der Waals surface area contributed by atoms with E-state index in [1.54, 1.807) is 29.6 Å². The minimum Gasteiger partial charge on any atom is -0.434 e. The highest BCUT2D eigenvalue weighted by Gasteiger charge is 2.19. The van der Waals surface area contributed by atoms with Gasteiger partial charge in [-0.3, -0.25) is 9.52 Å². The van der Waals surface area contributed by atoms with Gasteiger partial charge in [-0.2, -0.15) is 13.9 Å². The Bertz CT molecular complexity index is 1200. The van der Waals surface area contributed by atoms with Gasteiger partial charge in [0, 0.05) is 5.56 Å². The molecule has 0 fully saturated rings. The third kappa shape index (κ3) is 5.64. The van der Waals surface area contributed by atoms with Crippen LogP contribution in [0.25, 0.3) is 0 Å². The molecule has 0 aliphatic heterocycles. The van der Waals surface area contributed by atoms with Gasteiger partial charge in [-0.25, -0.2) is 13.8 Å². The van der Waals surface area contributed by atoms with Crippen LogP contribution in [0.4, 0.5) is 14.5 Å². The molecule has 0 aliphatic rings. The SMILES string of the molecule is C/C(=N\NC(=O)c1ccccc1NS(=O)(=O)c1cccs1)c1ccccc1OC(F)F. The number of para-hydroxylation sites is 2. The van der Waals surface area contributed by atoms with Crippen molar-refractivity contribution in [3.63, 3.8) is 0 Å². The van der Waals surface area contributed by atoms with Crippen LogP contribution in [0, 0.1) is 0 Å². The van der Waals surface area contributed by atoms with E-state index in [0.29, 0.717) is 0 Å². The molecule has 3 rings (SSSR count). The summed E-state index contributed by atoms with van der Waals surface area (Å²) < 4.78 is 57.1. The molecule has 1 heterocycles. The average molecular weight is 466 g/mol. The Labute approximate surface area is 181 Å². The lowest BCUT2D eigenvalue weighted by Crippen LogP contribution is -2.22. The number of nitrogens with one attached hydrogen (secondary N) is 2. The van der Waals surface area contributed by atoms with Crippen LogP contribution >= 0.6 is 11.3 Å². The number of carbonyl (C=O) groups is 1. The van der Waals surface area contributed by atoms with Gasteiger partial charge in [0.15, 0.2) is 0 Å². The molecule has 2 aromatic carbocycles. The quantitative estimate of drug-likeness (QED) is 0.383. The van der Waals surface area contributed by atoms with Crippen molar-refractivity contribution in [3.05, 3.63) is 77.2 Å². The van der Waals surface area contributed by atoms with Crippen LogP contribution in [0.2, 0.25) is 0 Å². The average Bonchev–Trinajstić information content (AvgIpc) is 3.28. The van der Waals surface area contributed by atoms with E-state index in [4.69, 9.17) is 0 Å². The Kier molecular flexibility index (Phi) is 6.98. The first-order chi connectivity index (χ1) is 14.8. The number of anilines is 1. The second-order valence-corrected chi connectivity index (χ2v) is 8.95. The van der Waals surface area contributed by atoms with Crippen LogP contribution in [0.5, 0.6) is 5.75 Å². The summed E-state index contributed by atoms with van der Waals surface area (Å²) in [5, 5.41) is 5.57. The van der Waals surface area contributed by atoms with Gasteiger partial charge in [0.1, 0.15) is 9.96 Å². The van der Waals surface area contributed by atoms with Crippen molar-refractivity contribution >= 4 is 38.7 Å². The molecule has 0 atom stereocenters. The van der Waals surface area contributed by atoms with Crippen LogP contribution < -0.4 is 14.9 Å². The Balaban J connectivity index is 1.81. The molecule has 0 saturated carbocycles. The van der Waals surface area contributed by atoms with E-state index in [1.807, 2.05) is 0 Å². The number of halogens is 2. The fraction of sp³-hybridized carbons (Fsp3) is 0.100. The number of alkyl halides is 2. The van der Waals surface area contributed by atoms with E-state index in [2.05, 4.69) is 20.0 Å².